The van der Waals surface area contributed by atoms with Gasteiger partial charge in [0.2, 0.25) is 0 Å². The smallest absolute Gasteiger partial charge is 0.0640 e. The van der Waals surface area contributed by atoms with Crippen molar-refractivity contribution in [2.24, 2.45) is 0 Å². The van der Waals surface area contributed by atoms with Crippen molar-refractivity contribution in [3.63, 3.8) is 0 Å². The van der Waals surface area contributed by atoms with E-state index in [0.717, 1.165) is 25.8 Å². The van der Waals surface area contributed by atoms with Crippen LogP contribution in [-0.2, 0) is 6.42 Å². The van der Waals surface area contributed by atoms with Crippen LogP contribution in [0.5, 0.6) is 0 Å². The average Bonchev–Trinajstić information content (AvgIpc) is 2.86. The molecule has 1 unspecified atom stereocenters. The molecule has 0 spiro atoms. The van der Waals surface area contributed by atoms with E-state index in [0.29, 0.717) is 12.1 Å². The van der Waals surface area contributed by atoms with E-state index in [-0.39, 0.29) is 0 Å². The Labute approximate surface area is 118 Å². The lowest BCUT2D eigenvalue weighted by Crippen LogP contribution is -2.31. The van der Waals surface area contributed by atoms with Gasteiger partial charge in [0.15, 0.2) is 0 Å². The van der Waals surface area contributed by atoms with Crippen LogP contribution in [0.15, 0.2) is 12.3 Å². The molecule has 0 aromatic carbocycles. The minimum Gasteiger partial charge on any atom is -0.314 e. The van der Waals surface area contributed by atoms with E-state index < -0.39 is 0 Å². The summed E-state index contributed by atoms with van der Waals surface area (Å²) in [5.41, 5.74) is 1.23. The maximum Gasteiger partial charge on any atom is 0.0640 e. The van der Waals surface area contributed by atoms with Crippen LogP contribution in [0.2, 0.25) is 0 Å². The molecule has 0 aliphatic carbocycles. The Balaban J connectivity index is 2.58. The summed E-state index contributed by atoms with van der Waals surface area (Å²) in [6.45, 7) is 9.95. The van der Waals surface area contributed by atoms with Gasteiger partial charge in [-0.3, -0.25) is 4.68 Å². The van der Waals surface area contributed by atoms with Gasteiger partial charge in [0.1, 0.15) is 0 Å². The highest BCUT2D eigenvalue weighted by Crippen LogP contribution is 2.15. The fraction of sp³-hybridized carbons (Fsp3) is 0.812. The molecule has 0 saturated carbocycles. The topological polar surface area (TPSA) is 29.9 Å². The number of hydrogen-bond donors (Lipinski definition) is 1. The maximum atomic E-state index is 4.76. The summed E-state index contributed by atoms with van der Waals surface area (Å²) in [6, 6.07) is 3.33. The normalized spacial score (nSPS) is 13.1. The van der Waals surface area contributed by atoms with E-state index in [1.807, 2.05) is 0 Å². The second-order valence-electron chi connectivity index (χ2n) is 5.36. The summed E-state index contributed by atoms with van der Waals surface area (Å²) in [7, 11) is 0. The molecule has 0 bridgehead atoms. The van der Waals surface area contributed by atoms with Crippen molar-refractivity contribution in [2.45, 2.75) is 78.3 Å². The second-order valence-corrected chi connectivity index (χ2v) is 5.36. The summed E-state index contributed by atoms with van der Waals surface area (Å²) in [6.07, 6.45) is 9.34. The van der Waals surface area contributed by atoms with E-state index >= 15 is 0 Å². The van der Waals surface area contributed by atoms with E-state index in [2.05, 4.69) is 50.0 Å². The number of rotatable bonds is 10. The molecule has 1 atom stereocenters. The van der Waals surface area contributed by atoms with Crippen molar-refractivity contribution in [1.82, 2.24) is 15.1 Å². The molecule has 0 aliphatic heterocycles. The molecule has 1 heterocycles. The summed E-state index contributed by atoms with van der Waals surface area (Å²) in [4.78, 5) is 0. The Hall–Kier alpha value is -0.830. The van der Waals surface area contributed by atoms with E-state index in [1.54, 1.807) is 0 Å². The van der Waals surface area contributed by atoms with E-state index in [1.165, 1.54) is 25.0 Å². The van der Waals surface area contributed by atoms with Crippen molar-refractivity contribution in [2.75, 3.05) is 6.54 Å². The van der Waals surface area contributed by atoms with Crippen LogP contribution >= 0.6 is 0 Å². The number of nitrogens with zero attached hydrogens (tertiary/aromatic N) is 2. The zero-order valence-electron chi connectivity index (χ0n) is 13.2. The van der Waals surface area contributed by atoms with E-state index in [9.17, 15) is 0 Å². The summed E-state index contributed by atoms with van der Waals surface area (Å²) in [5.74, 6) is 0. The zero-order valence-corrected chi connectivity index (χ0v) is 13.2. The minimum absolute atomic E-state index is 0.557. The highest BCUT2D eigenvalue weighted by molar-refractivity contribution is 5.02. The Kier molecular flexibility index (Phi) is 7.80. The third-order valence-corrected chi connectivity index (χ3v) is 3.83. The van der Waals surface area contributed by atoms with Crippen LogP contribution in [0.1, 0.15) is 71.5 Å². The third kappa shape index (κ3) is 5.35. The van der Waals surface area contributed by atoms with Gasteiger partial charge in [0.25, 0.3) is 0 Å². The first kappa shape index (κ1) is 16.2. The Morgan fingerprint density at radius 3 is 2.53 bits per heavy atom. The van der Waals surface area contributed by atoms with Crippen LogP contribution in [0, 0.1) is 0 Å². The van der Waals surface area contributed by atoms with Gasteiger partial charge in [0.05, 0.1) is 11.7 Å². The zero-order chi connectivity index (χ0) is 14.1. The first-order chi connectivity index (χ1) is 9.24. The molecule has 0 saturated heterocycles. The van der Waals surface area contributed by atoms with Gasteiger partial charge in [0, 0.05) is 18.7 Å². The first-order valence-electron chi connectivity index (χ1n) is 8.02. The fourth-order valence-corrected chi connectivity index (χ4v) is 2.62. The van der Waals surface area contributed by atoms with Crippen LogP contribution in [0.25, 0.3) is 0 Å². The molecule has 0 aliphatic rings. The van der Waals surface area contributed by atoms with Gasteiger partial charge in [-0.15, -0.1) is 0 Å². The summed E-state index contributed by atoms with van der Waals surface area (Å²) in [5, 5.41) is 8.34. The highest BCUT2D eigenvalue weighted by atomic mass is 15.3. The van der Waals surface area contributed by atoms with Gasteiger partial charge < -0.3 is 5.32 Å². The van der Waals surface area contributed by atoms with Gasteiger partial charge in [-0.1, -0.05) is 40.5 Å². The monoisotopic (exact) mass is 265 g/mol. The van der Waals surface area contributed by atoms with Gasteiger partial charge in [-0.2, -0.15) is 5.10 Å². The molecule has 3 nitrogen and oxygen atoms in total. The number of aromatic nitrogens is 2. The fourth-order valence-electron chi connectivity index (χ4n) is 2.62. The summed E-state index contributed by atoms with van der Waals surface area (Å²) >= 11 is 0. The highest BCUT2D eigenvalue weighted by Gasteiger charge is 2.12. The molecule has 1 aromatic heterocycles. The number of hydrogen-bond acceptors (Lipinski definition) is 2. The van der Waals surface area contributed by atoms with Crippen molar-refractivity contribution in [1.29, 1.82) is 0 Å². The van der Waals surface area contributed by atoms with Crippen LogP contribution in [0.3, 0.4) is 0 Å². The predicted octanol–water partition coefficient (Wildman–Crippen LogP) is 3.96. The quantitative estimate of drug-likeness (QED) is 0.694. The number of likely N-dealkylation sites (N-methyl/N-ethyl adjacent to an activating group) is 1. The van der Waals surface area contributed by atoms with Gasteiger partial charge >= 0.3 is 0 Å². The minimum atomic E-state index is 0.557. The Bertz CT molecular complexity index is 328. The largest absolute Gasteiger partial charge is 0.314 e. The van der Waals surface area contributed by atoms with Crippen LogP contribution in [0.4, 0.5) is 0 Å². The van der Waals surface area contributed by atoms with Crippen molar-refractivity contribution >= 4 is 0 Å². The lowest BCUT2D eigenvalue weighted by atomic mass is 10.0. The molecule has 0 fully saturated rings. The van der Waals surface area contributed by atoms with Gasteiger partial charge in [-0.25, -0.2) is 0 Å². The molecule has 1 rings (SSSR count). The third-order valence-electron chi connectivity index (χ3n) is 3.83. The van der Waals surface area contributed by atoms with Crippen molar-refractivity contribution < 1.29 is 0 Å². The summed E-state index contributed by atoms with van der Waals surface area (Å²) < 4.78 is 2.15. The lowest BCUT2D eigenvalue weighted by Gasteiger charge is -2.16. The molecule has 19 heavy (non-hydrogen) atoms. The molecular weight excluding hydrogens is 234 g/mol. The molecule has 1 aromatic rings. The maximum absolute atomic E-state index is 4.76. The predicted molar refractivity (Wildman–Crippen MR) is 82.5 cm³/mol. The van der Waals surface area contributed by atoms with Crippen LogP contribution in [-0.4, -0.2) is 22.4 Å². The Morgan fingerprint density at radius 2 is 1.95 bits per heavy atom. The molecule has 1 N–H and O–H groups in total. The molecule has 3 heteroatoms. The van der Waals surface area contributed by atoms with Crippen molar-refractivity contribution in [3.8, 4) is 0 Å². The molecule has 110 valence electrons. The van der Waals surface area contributed by atoms with E-state index in [4.69, 9.17) is 5.10 Å². The second kappa shape index (κ2) is 9.13. The van der Waals surface area contributed by atoms with Gasteiger partial charge in [-0.05, 0) is 31.9 Å². The molecule has 0 radical (unpaired) electrons. The lowest BCUT2D eigenvalue weighted by molar-refractivity contribution is 0.418. The average molecular weight is 265 g/mol. The molecule has 0 amide bonds. The number of nitrogens with one attached hydrogen (secondary N) is 1. The number of unbranched alkanes of at least 4 members (excludes halogenated alkanes) is 1. The van der Waals surface area contributed by atoms with Crippen molar-refractivity contribution in [3.05, 3.63) is 18.0 Å². The Morgan fingerprint density at radius 1 is 1.21 bits per heavy atom. The molecular formula is C16H31N3. The SMILES string of the molecule is CCCCC(Cc1ccn(C(CC)CC)n1)NCC. The van der Waals surface area contributed by atoms with Crippen LogP contribution < -0.4 is 5.32 Å². The standard InChI is InChI=1S/C16H31N3/c1-5-9-10-14(17-8-4)13-15-11-12-19(18-15)16(6-2)7-3/h11-12,14,16-17H,5-10,13H2,1-4H3. The first-order valence-corrected chi connectivity index (χ1v) is 8.02.